The summed E-state index contributed by atoms with van der Waals surface area (Å²) >= 11 is 0. The van der Waals surface area contributed by atoms with Crippen molar-refractivity contribution in [3.05, 3.63) is 29.8 Å². The van der Waals surface area contributed by atoms with Gasteiger partial charge in [-0.3, -0.25) is 0 Å². The van der Waals surface area contributed by atoms with E-state index in [9.17, 15) is 8.42 Å². The SMILES string of the molecule is CNCc1ccc(S(=O)(=O)N(C)C2CCC2)cc1. The summed E-state index contributed by atoms with van der Waals surface area (Å²) in [5, 5.41) is 3.04. The molecule has 1 aromatic rings. The lowest BCUT2D eigenvalue weighted by atomic mass is 9.94. The first kappa shape index (κ1) is 13.5. The van der Waals surface area contributed by atoms with Crippen molar-refractivity contribution in [2.45, 2.75) is 36.7 Å². The van der Waals surface area contributed by atoms with Gasteiger partial charge < -0.3 is 5.32 Å². The quantitative estimate of drug-likeness (QED) is 0.882. The Morgan fingerprint density at radius 3 is 2.33 bits per heavy atom. The third kappa shape index (κ3) is 2.58. The molecular formula is C13H20N2O2S. The van der Waals surface area contributed by atoms with Gasteiger partial charge in [-0.15, -0.1) is 0 Å². The van der Waals surface area contributed by atoms with Crippen molar-refractivity contribution in [2.75, 3.05) is 14.1 Å². The zero-order chi connectivity index (χ0) is 13.2. The molecule has 1 aromatic carbocycles. The van der Waals surface area contributed by atoms with Crippen LogP contribution in [0.5, 0.6) is 0 Å². The summed E-state index contributed by atoms with van der Waals surface area (Å²) in [6, 6.07) is 7.29. The Hall–Kier alpha value is -0.910. The Labute approximate surface area is 109 Å². The molecule has 0 atom stereocenters. The molecule has 1 fully saturated rings. The highest BCUT2D eigenvalue weighted by Gasteiger charge is 2.31. The van der Waals surface area contributed by atoms with Crippen LogP contribution in [0.25, 0.3) is 0 Å². The van der Waals surface area contributed by atoms with E-state index in [4.69, 9.17) is 0 Å². The highest BCUT2D eigenvalue weighted by Crippen LogP contribution is 2.28. The molecule has 100 valence electrons. The molecule has 18 heavy (non-hydrogen) atoms. The maximum atomic E-state index is 12.3. The number of hydrogen-bond donors (Lipinski definition) is 1. The Kier molecular flexibility index (Phi) is 4.04. The molecule has 1 aliphatic rings. The lowest BCUT2D eigenvalue weighted by molar-refractivity contribution is 0.249. The Bertz CT molecular complexity index is 492. The maximum absolute atomic E-state index is 12.3. The molecule has 5 heteroatoms. The molecule has 1 N–H and O–H groups in total. The van der Waals surface area contributed by atoms with Crippen LogP contribution in [0.1, 0.15) is 24.8 Å². The average Bonchev–Trinajstić information content (AvgIpc) is 2.28. The molecule has 0 unspecified atom stereocenters. The van der Waals surface area contributed by atoms with E-state index in [1.807, 2.05) is 19.2 Å². The minimum absolute atomic E-state index is 0.187. The fourth-order valence-corrected chi connectivity index (χ4v) is 3.51. The van der Waals surface area contributed by atoms with E-state index in [1.165, 1.54) is 4.31 Å². The number of rotatable bonds is 5. The summed E-state index contributed by atoms with van der Waals surface area (Å²) in [4.78, 5) is 0.386. The van der Waals surface area contributed by atoms with Gasteiger partial charge in [0.15, 0.2) is 0 Å². The lowest BCUT2D eigenvalue weighted by Gasteiger charge is -2.33. The molecular weight excluding hydrogens is 248 g/mol. The van der Waals surface area contributed by atoms with Crippen LogP contribution in [-0.4, -0.2) is 32.9 Å². The van der Waals surface area contributed by atoms with Gasteiger partial charge in [-0.05, 0) is 37.6 Å². The van der Waals surface area contributed by atoms with Gasteiger partial charge in [-0.1, -0.05) is 18.6 Å². The van der Waals surface area contributed by atoms with E-state index >= 15 is 0 Å². The fraction of sp³-hybridized carbons (Fsp3) is 0.538. The largest absolute Gasteiger partial charge is 0.316 e. The summed E-state index contributed by atoms with van der Waals surface area (Å²) in [5.41, 5.74) is 1.09. The van der Waals surface area contributed by atoms with Crippen LogP contribution in [0, 0.1) is 0 Å². The third-order valence-electron chi connectivity index (χ3n) is 3.57. The summed E-state index contributed by atoms with van der Waals surface area (Å²) < 4.78 is 26.2. The first-order valence-corrected chi connectivity index (χ1v) is 7.71. The number of sulfonamides is 1. The molecule has 0 bridgehead atoms. The molecule has 1 aliphatic carbocycles. The normalized spacial score (nSPS) is 16.8. The fourth-order valence-electron chi connectivity index (χ4n) is 2.10. The molecule has 1 saturated carbocycles. The topological polar surface area (TPSA) is 49.4 Å². The zero-order valence-electron chi connectivity index (χ0n) is 10.9. The van der Waals surface area contributed by atoms with Crippen molar-refractivity contribution in [3.8, 4) is 0 Å². The number of benzene rings is 1. The number of hydrogen-bond acceptors (Lipinski definition) is 3. The van der Waals surface area contributed by atoms with E-state index in [0.29, 0.717) is 4.90 Å². The molecule has 0 aromatic heterocycles. The van der Waals surface area contributed by atoms with Gasteiger partial charge in [0.25, 0.3) is 0 Å². The average molecular weight is 268 g/mol. The van der Waals surface area contributed by atoms with Crippen molar-refractivity contribution in [1.82, 2.24) is 9.62 Å². The second-order valence-corrected chi connectivity index (χ2v) is 6.78. The van der Waals surface area contributed by atoms with Crippen LogP contribution in [0.3, 0.4) is 0 Å². The predicted molar refractivity (Wildman–Crippen MR) is 71.8 cm³/mol. The Balaban J connectivity index is 2.18. The smallest absolute Gasteiger partial charge is 0.243 e. The Morgan fingerprint density at radius 2 is 1.89 bits per heavy atom. The van der Waals surface area contributed by atoms with Gasteiger partial charge in [-0.25, -0.2) is 8.42 Å². The van der Waals surface area contributed by atoms with Crippen LogP contribution in [-0.2, 0) is 16.6 Å². The van der Waals surface area contributed by atoms with Gasteiger partial charge in [0.05, 0.1) is 4.90 Å². The van der Waals surface area contributed by atoms with Gasteiger partial charge >= 0.3 is 0 Å². The minimum atomic E-state index is -3.32. The van der Waals surface area contributed by atoms with Crippen molar-refractivity contribution in [3.63, 3.8) is 0 Å². The van der Waals surface area contributed by atoms with Crippen molar-refractivity contribution < 1.29 is 8.42 Å². The summed E-state index contributed by atoms with van der Waals surface area (Å²) in [6.45, 7) is 0.749. The number of nitrogens with zero attached hydrogens (tertiary/aromatic N) is 1. The molecule has 0 aliphatic heterocycles. The van der Waals surface area contributed by atoms with Crippen LogP contribution in [0.15, 0.2) is 29.2 Å². The molecule has 0 amide bonds. The van der Waals surface area contributed by atoms with Crippen molar-refractivity contribution >= 4 is 10.0 Å². The van der Waals surface area contributed by atoms with E-state index < -0.39 is 10.0 Å². The van der Waals surface area contributed by atoms with E-state index in [0.717, 1.165) is 31.4 Å². The lowest BCUT2D eigenvalue weighted by Crippen LogP contribution is -2.41. The van der Waals surface area contributed by atoms with E-state index in [-0.39, 0.29) is 6.04 Å². The first-order chi connectivity index (χ1) is 8.55. The minimum Gasteiger partial charge on any atom is -0.316 e. The Morgan fingerprint density at radius 1 is 1.28 bits per heavy atom. The zero-order valence-corrected chi connectivity index (χ0v) is 11.7. The van der Waals surface area contributed by atoms with Crippen LogP contribution >= 0.6 is 0 Å². The molecule has 2 rings (SSSR count). The van der Waals surface area contributed by atoms with Gasteiger partial charge in [0.1, 0.15) is 0 Å². The monoisotopic (exact) mass is 268 g/mol. The molecule has 0 spiro atoms. The highest BCUT2D eigenvalue weighted by atomic mass is 32.2. The van der Waals surface area contributed by atoms with E-state index in [2.05, 4.69) is 5.32 Å². The molecule has 0 radical (unpaired) electrons. The second-order valence-electron chi connectivity index (χ2n) is 4.78. The first-order valence-electron chi connectivity index (χ1n) is 6.27. The standard InChI is InChI=1S/C13H20N2O2S/c1-14-10-11-6-8-13(9-7-11)18(16,17)15(2)12-4-3-5-12/h6-9,12,14H,3-5,10H2,1-2H3. The number of nitrogens with one attached hydrogen (secondary N) is 1. The van der Waals surface area contributed by atoms with E-state index in [1.54, 1.807) is 19.2 Å². The van der Waals surface area contributed by atoms with Crippen LogP contribution < -0.4 is 5.32 Å². The predicted octanol–water partition coefficient (Wildman–Crippen LogP) is 1.58. The van der Waals surface area contributed by atoms with Crippen molar-refractivity contribution in [2.24, 2.45) is 0 Å². The molecule has 4 nitrogen and oxygen atoms in total. The highest BCUT2D eigenvalue weighted by molar-refractivity contribution is 7.89. The summed E-state index contributed by atoms with van der Waals surface area (Å²) in [6.07, 6.45) is 3.09. The summed E-state index contributed by atoms with van der Waals surface area (Å²) in [7, 11) is 0.233. The third-order valence-corrected chi connectivity index (χ3v) is 5.49. The second kappa shape index (κ2) is 5.38. The van der Waals surface area contributed by atoms with Crippen LogP contribution in [0.4, 0.5) is 0 Å². The van der Waals surface area contributed by atoms with Gasteiger partial charge in [-0.2, -0.15) is 4.31 Å². The van der Waals surface area contributed by atoms with Gasteiger partial charge in [0.2, 0.25) is 10.0 Å². The molecule has 0 saturated heterocycles. The van der Waals surface area contributed by atoms with Crippen molar-refractivity contribution in [1.29, 1.82) is 0 Å². The summed E-state index contributed by atoms with van der Waals surface area (Å²) in [5.74, 6) is 0. The molecule has 0 heterocycles. The van der Waals surface area contributed by atoms with Gasteiger partial charge in [0, 0.05) is 19.6 Å². The maximum Gasteiger partial charge on any atom is 0.243 e. The van der Waals surface area contributed by atoms with Crippen LogP contribution in [0.2, 0.25) is 0 Å².